The lowest BCUT2D eigenvalue weighted by Crippen LogP contribution is -1.89. The molecule has 14 heavy (non-hydrogen) atoms. The van der Waals surface area contributed by atoms with Crippen molar-refractivity contribution in [2.45, 2.75) is 40.0 Å². The van der Waals surface area contributed by atoms with Crippen LogP contribution in [0.15, 0.2) is 24.3 Å². The first-order valence-corrected chi connectivity index (χ1v) is 5.55. The lowest BCUT2D eigenvalue weighted by molar-refractivity contribution is 0.917. The Balaban J connectivity index is 3.00. The molecule has 0 saturated carbocycles. The molecule has 0 aliphatic carbocycles. The molecule has 0 heterocycles. The molecule has 0 amide bonds. The van der Waals surface area contributed by atoms with E-state index in [1.165, 1.54) is 29.5 Å². The summed E-state index contributed by atoms with van der Waals surface area (Å²) in [6.07, 6.45) is 7.83. The van der Waals surface area contributed by atoms with E-state index in [2.05, 4.69) is 51.1 Å². The van der Waals surface area contributed by atoms with Gasteiger partial charge in [0.1, 0.15) is 0 Å². The van der Waals surface area contributed by atoms with Crippen molar-refractivity contribution in [3.05, 3.63) is 41.0 Å². The van der Waals surface area contributed by atoms with E-state index >= 15 is 0 Å². The highest BCUT2D eigenvalue weighted by Gasteiger charge is 1.97. The summed E-state index contributed by atoms with van der Waals surface area (Å²) in [6.45, 7) is 6.51. The van der Waals surface area contributed by atoms with Gasteiger partial charge < -0.3 is 0 Å². The van der Waals surface area contributed by atoms with Crippen molar-refractivity contribution in [2.75, 3.05) is 0 Å². The molecule has 0 bridgehead atoms. The van der Waals surface area contributed by atoms with Crippen LogP contribution >= 0.6 is 0 Å². The number of rotatable bonds is 4. The van der Waals surface area contributed by atoms with Crippen molar-refractivity contribution in [1.29, 1.82) is 0 Å². The van der Waals surface area contributed by atoms with E-state index in [0.717, 1.165) is 6.42 Å². The largest absolute Gasteiger partial charge is 0.0871 e. The molecule has 0 aromatic heterocycles. The molecular weight excluding hydrogens is 168 g/mol. The Morgan fingerprint density at radius 1 is 1.07 bits per heavy atom. The predicted molar refractivity (Wildman–Crippen MR) is 64.5 cm³/mol. The number of hydrogen-bond donors (Lipinski definition) is 0. The van der Waals surface area contributed by atoms with E-state index in [9.17, 15) is 0 Å². The number of aryl methyl sites for hydroxylation is 2. The second kappa shape index (κ2) is 5.64. The molecule has 0 spiro atoms. The van der Waals surface area contributed by atoms with Gasteiger partial charge in [-0.25, -0.2) is 0 Å². The van der Waals surface area contributed by atoms with Crippen LogP contribution in [0.25, 0.3) is 6.08 Å². The Labute approximate surface area is 87.7 Å². The summed E-state index contributed by atoms with van der Waals surface area (Å²) in [6, 6.07) is 6.90. The molecule has 1 rings (SSSR count). The normalized spacial score (nSPS) is 11.1. The van der Waals surface area contributed by atoms with Gasteiger partial charge in [-0.1, -0.05) is 50.6 Å². The summed E-state index contributed by atoms with van der Waals surface area (Å²) in [5, 5.41) is 0. The zero-order valence-corrected chi connectivity index (χ0v) is 9.51. The number of benzene rings is 1. The first kappa shape index (κ1) is 11.0. The van der Waals surface area contributed by atoms with Crippen molar-refractivity contribution >= 4 is 6.08 Å². The predicted octanol–water partition coefficient (Wildman–Crippen LogP) is 4.23. The van der Waals surface area contributed by atoms with Crippen molar-refractivity contribution in [2.24, 2.45) is 0 Å². The first-order valence-electron chi connectivity index (χ1n) is 5.55. The molecule has 76 valence electrons. The van der Waals surface area contributed by atoms with Crippen LogP contribution in [-0.2, 0) is 12.8 Å². The minimum atomic E-state index is 1.13. The molecule has 0 radical (unpaired) electrons. The molecule has 0 unspecified atom stereocenters. The third-order valence-corrected chi connectivity index (χ3v) is 2.38. The molecule has 0 fully saturated rings. The Kier molecular flexibility index (Phi) is 4.45. The van der Waals surface area contributed by atoms with Crippen molar-refractivity contribution in [3.63, 3.8) is 0 Å². The van der Waals surface area contributed by atoms with Crippen LogP contribution in [-0.4, -0.2) is 0 Å². The van der Waals surface area contributed by atoms with Crippen LogP contribution in [0.2, 0.25) is 0 Å². The lowest BCUT2D eigenvalue weighted by atomic mass is 10.0. The first-order chi connectivity index (χ1) is 6.80. The minimum Gasteiger partial charge on any atom is -0.0871 e. The van der Waals surface area contributed by atoms with E-state index < -0.39 is 0 Å². The average molecular weight is 188 g/mol. The maximum absolute atomic E-state index is 2.33. The van der Waals surface area contributed by atoms with E-state index in [-0.39, 0.29) is 0 Å². The van der Waals surface area contributed by atoms with Crippen LogP contribution in [0.4, 0.5) is 0 Å². The van der Waals surface area contributed by atoms with Gasteiger partial charge in [0.05, 0.1) is 0 Å². The van der Waals surface area contributed by atoms with E-state index in [4.69, 9.17) is 0 Å². The quantitative estimate of drug-likeness (QED) is 0.663. The van der Waals surface area contributed by atoms with Gasteiger partial charge in [-0.15, -0.1) is 0 Å². The summed E-state index contributed by atoms with van der Waals surface area (Å²) >= 11 is 0. The van der Waals surface area contributed by atoms with Gasteiger partial charge in [0.15, 0.2) is 0 Å². The molecule has 0 saturated heterocycles. The van der Waals surface area contributed by atoms with Crippen molar-refractivity contribution in [3.8, 4) is 0 Å². The molecule has 1 aromatic rings. The Bertz CT molecular complexity index is 308. The Morgan fingerprint density at radius 2 is 1.79 bits per heavy atom. The molecule has 0 N–H and O–H groups in total. The van der Waals surface area contributed by atoms with Crippen LogP contribution < -0.4 is 0 Å². The van der Waals surface area contributed by atoms with Gasteiger partial charge in [-0.05, 0) is 36.5 Å². The summed E-state index contributed by atoms with van der Waals surface area (Å²) in [7, 11) is 0. The van der Waals surface area contributed by atoms with Crippen LogP contribution in [0, 0.1) is 0 Å². The van der Waals surface area contributed by atoms with Crippen LogP contribution in [0.3, 0.4) is 0 Å². The van der Waals surface area contributed by atoms with Gasteiger partial charge >= 0.3 is 0 Å². The maximum atomic E-state index is 2.33. The fourth-order valence-corrected chi connectivity index (χ4v) is 1.72. The van der Waals surface area contributed by atoms with Gasteiger partial charge in [-0.3, -0.25) is 0 Å². The van der Waals surface area contributed by atoms with Gasteiger partial charge in [0.2, 0.25) is 0 Å². The fraction of sp³-hybridized carbons (Fsp3) is 0.429. The molecule has 0 heteroatoms. The molecule has 0 aliphatic rings. The van der Waals surface area contributed by atoms with Crippen molar-refractivity contribution < 1.29 is 0 Å². The number of allylic oxidation sites excluding steroid dienone is 1. The third kappa shape index (κ3) is 3.02. The standard InChI is InChI=1S/C14H20/c1-4-7-13-9-12(6-3)10-14(11-13)8-5-2/h4,7,9-11H,5-6,8H2,1-3H3/b7-4+. The highest BCUT2D eigenvalue weighted by molar-refractivity contribution is 5.51. The van der Waals surface area contributed by atoms with Crippen molar-refractivity contribution in [1.82, 2.24) is 0 Å². The number of hydrogen-bond acceptors (Lipinski definition) is 0. The Hall–Kier alpha value is -1.04. The zero-order valence-electron chi connectivity index (χ0n) is 9.51. The SMILES string of the molecule is C/C=C/c1cc(CC)cc(CCC)c1. The van der Waals surface area contributed by atoms with E-state index in [1.54, 1.807) is 0 Å². The van der Waals surface area contributed by atoms with Gasteiger partial charge in [0.25, 0.3) is 0 Å². The minimum absolute atomic E-state index is 1.13. The monoisotopic (exact) mass is 188 g/mol. The fourth-order valence-electron chi connectivity index (χ4n) is 1.72. The zero-order chi connectivity index (χ0) is 10.4. The second-order valence-electron chi connectivity index (χ2n) is 3.69. The second-order valence-corrected chi connectivity index (χ2v) is 3.69. The molecule has 0 atom stereocenters. The van der Waals surface area contributed by atoms with Gasteiger partial charge in [0, 0.05) is 0 Å². The molecular formula is C14H20. The van der Waals surface area contributed by atoms with Crippen LogP contribution in [0.5, 0.6) is 0 Å². The Morgan fingerprint density at radius 3 is 2.36 bits per heavy atom. The smallest absolute Gasteiger partial charge is 0.0254 e. The summed E-state index contributed by atoms with van der Waals surface area (Å²) in [4.78, 5) is 0. The molecule has 1 aromatic carbocycles. The average Bonchev–Trinajstić information content (AvgIpc) is 2.18. The van der Waals surface area contributed by atoms with Crippen LogP contribution in [0.1, 0.15) is 43.9 Å². The van der Waals surface area contributed by atoms with Gasteiger partial charge in [-0.2, -0.15) is 0 Å². The third-order valence-electron chi connectivity index (χ3n) is 2.38. The lowest BCUT2D eigenvalue weighted by Gasteiger charge is -2.05. The highest BCUT2D eigenvalue weighted by Crippen LogP contribution is 2.14. The summed E-state index contributed by atoms with van der Waals surface area (Å²) in [5.74, 6) is 0. The summed E-state index contributed by atoms with van der Waals surface area (Å²) in [5.41, 5.74) is 4.26. The molecule has 0 nitrogen and oxygen atoms in total. The van der Waals surface area contributed by atoms with E-state index in [1.807, 2.05) is 0 Å². The molecule has 0 aliphatic heterocycles. The maximum Gasteiger partial charge on any atom is -0.0254 e. The summed E-state index contributed by atoms with van der Waals surface area (Å²) < 4.78 is 0. The van der Waals surface area contributed by atoms with E-state index in [0.29, 0.717) is 0 Å². The highest BCUT2D eigenvalue weighted by atomic mass is 14.0. The topological polar surface area (TPSA) is 0 Å².